The number of hydrogen-bond acceptors (Lipinski definition) is 4. The zero-order valence-electron chi connectivity index (χ0n) is 22.3. The maximum atomic E-state index is 13.5. The van der Waals surface area contributed by atoms with Crippen LogP contribution in [-0.2, 0) is 11.2 Å². The second-order valence-electron chi connectivity index (χ2n) is 10.1. The van der Waals surface area contributed by atoms with Crippen LogP contribution in [0.15, 0.2) is 60.7 Å². The summed E-state index contributed by atoms with van der Waals surface area (Å²) in [4.78, 5) is 28.4. The molecular weight excluding hydrogens is 512 g/mol. The third-order valence-electron chi connectivity index (χ3n) is 7.19. The average Bonchev–Trinajstić information content (AvgIpc) is 3.08. The van der Waals surface area contributed by atoms with Crippen molar-refractivity contribution in [1.82, 2.24) is 20.9 Å². The second-order valence-corrected chi connectivity index (χ2v) is 10.5. The first kappa shape index (κ1) is 28.4. The first-order chi connectivity index (χ1) is 18.8. The fourth-order valence-electron chi connectivity index (χ4n) is 4.98. The van der Waals surface area contributed by atoms with E-state index in [0.29, 0.717) is 44.6 Å². The van der Waals surface area contributed by atoms with Crippen molar-refractivity contribution in [1.29, 1.82) is 5.41 Å². The van der Waals surface area contributed by atoms with Crippen LogP contribution < -0.4 is 21.7 Å². The topological polar surface area (TPSA) is 123 Å². The van der Waals surface area contributed by atoms with Gasteiger partial charge in [-0.3, -0.25) is 15.0 Å². The molecule has 9 heteroatoms. The van der Waals surface area contributed by atoms with Gasteiger partial charge in [-0.2, -0.15) is 0 Å². The summed E-state index contributed by atoms with van der Waals surface area (Å²) >= 11 is 6.18. The molecule has 0 radical (unpaired) electrons. The van der Waals surface area contributed by atoms with Gasteiger partial charge in [-0.25, -0.2) is 0 Å². The Balaban J connectivity index is 1.39. The summed E-state index contributed by atoms with van der Waals surface area (Å²) in [7, 11) is 0. The van der Waals surface area contributed by atoms with Crippen molar-refractivity contribution in [2.45, 2.75) is 44.7 Å². The van der Waals surface area contributed by atoms with Gasteiger partial charge >= 0.3 is 0 Å². The Bertz CT molecular complexity index is 1330. The molecule has 2 atom stereocenters. The molecule has 0 aliphatic carbocycles. The monoisotopic (exact) mass is 548 g/mol. The number of aryl methyl sites for hydroxylation is 1. The predicted molar refractivity (Wildman–Crippen MR) is 157 cm³/mol. The summed E-state index contributed by atoms with van der Waals surface area (Å²) in [5.41, 5.74) is 8.18. The SMILES string of the molecule is Cc1cc(CCN2CC[C@@H](CNC(=O)c3ccc4ccccc4c3)N[C@@H](CCCNC(=N)N)C2=O)ccc1Cl. The molecule has 0 spiro atoms. The number of rotatable bonds is 10. The number of halogens is 1. The largest absolute Gasteiger partial charge is 0.370 e. The van der Waals surface area contributed by atoms with E-state index in [0.717, 1.165) is 39.8 Å². The van der Waals surface area contributed by atoms with Crippen molar-refractivity contribution in [2.75, 3.05) is 26.2 Å². The van der Waals surface area contributed by atoms with Gasteiger partial charge in [0.15, 0.2) is 5.96 Å². The molecule has 1 aliphatic heterocycles. The highest BCUT2D eigenvalue weighted by Crippen LogP contribution is 2.19. The maximum Gasteiger partial charge on any atom is 0.251 e. The average molecular weight is 549 g/mol. The highest BCUT2D eigenvalue weighted by molar-refractivity contribution is 6.31. The Morgan fingerprint density at radius 1 is 1.13 bits per heavy atom. The number of fused-ring (bicyclic) bond motifs is 1. The van der Waals surface area contributed by atoms with Crippen LogP contribution in [0.2, 0.25) is 5.02 Å². The van der Waals surface area contributed by atoms with Crippen molar-refractivity contribution >= 4 is 40.1 Å². The standard InChI is InChI=1S/C30H37ClN6O2/c1-20-17-21(8-11-26(20)31)12-15-37-16-13-25(36-27(29(37)39)7-4-14-34-30(32)33)19-35-28(38)24-10-9-22-5-2-3-6-23(22)18-24/h2-3,5-6,8-11,17-18,25,27,36H,4,7,12-16,19H2,1H3,(H,35,38)(H4,32,33,34)/t25-,27-/m0/s1. The lowest BCUT2D eigenvalue weighted by Crippen LogP contribution is -2.49. The molecular formula is C30H37ClN6O2. The van der Waals surface area contributed by atoms with E-state index in [1.165, 1.54) is 0 Å². The third-order valence-corrected chi connectivity index (χ3v) is 7.62. The lowest BCUT2D eigenvalue weighted by molar-refractivity contribution is -0.132. The quantitative estimate of drug-likeness (QED) is 0.150. The van der Waals surface area contributed by atoms with Crippen LogP contribution in [0.5, 0.6) is 0 Å². The van der Waals surface area contributed by atoms with Gasteiger partial charge in [0.2, 0.25) is 5.91 Å². The summed E-state index contributed by atoms with van der Waals surface area (Å²) in [6.45, 7) is 4.14. The van der Waals surface area contributed by atoms with Gasteiger partial charge in [-0.15, -0.1) is 0 Å². The lowest BCUT2D eigenvalue weighted by atomic mass is 10.1. The Kier molecular flexibility index (Phi) is 9.79. The number of hydrogen-bond donors (Lipinski definition) is 5. The van der Waals surface area contributed by atoms with Crippen molar-refractivity contribution in [3.8, 4) is 0 Å². The fourth-order valence-corrected chi connectivity index (χ4v) is 5.09. The molecule has 206 valence electrons. The van der Waals surface area contributed by atoms with E-state index in [2.05, 4.69) is 22.0 Å². The van der Waals surface area contributed by atoms with Gasteiger partial charge in [0.05, 0.1) is 6.04 Å². The summed E-state index contributed by atoms with van der Waals surface area (Å²) in [5.74, 6) is -0.147. The van der Waals surface area contributed by atoms with E-state index in [1.807, 2.05) is 66.4 Å². The molecule has 8 nitrogen and oxygen atoms in total. The van der Waals surface area contributed by atoms with E-state index in [1.54, 1.807) is 0 Å². The van der Waals surface area contributed by atoms with E-state index < -0.39 is 0 Å². The minimum Gasteiger partial charge on any atom is -0.370 e. The number of guanidine groups is 1. The van der Waals surface area contributed by atoms with E-state index >= 15 is 0 Å². The summed E-state index contributed by atoms with van der Waals surface area (Å²) in [5, 5.41) is 19.6. The summed E-state index contributed by atoms with van der Waals surface area (Å²) in [6, 6.07) is 19.2. The third kappa shape index (κ3) is 7.94. The van der Waals surface area contributed by atoms with Crippen LogP contribution >= 0.6 is 11.6 Å². The molecule has 1 fully saturated rings. The molecule has 0 unspecified atom stereocenters. The number of nitrogens with zero attached hydrogens (tertiary/aromatic N) is 1. The van der Waals surface area contributed by atoms with Crippen molar-refractivity contribution in [3.05, 3.63) is 82.4 Å². The molecule has 1 aliphatic rings. The van der Waals surface area contributed by atoms with Crippen LogP contribution in [0.4, 0.5) is 0 Å². The molecule has 0 saturated carbocycles. The van der Waals surface area contributed by atoms with Gasteiger partial charge in [0.25, 0.3) is 5.91 Å². The fraction of sp³-hybridized carbons (Fsp3) is 0.367. The van der Waals surface area contributed by atoms with Crippen LogP contribution in [0.1, 0.15) is 40.7 Å². The van der Waals surface area contributed by atoms with Gasteiger partial charge in [-0.05, 0) is 72.7 Å². The summed E-state index contributed by atoms with van der Waals surface area (Å²) in [6.07, 6.45) is 2.76. The van der Waals surface area contributed by atoms with Gasteiger partial charge < -0.3 is 26.6 Å². The van der Waals surface area contributed by atoms with Crippen LogP contribution in [0.25, 0.3) is 10.8 Å². The van der Waals surface area contributed by atoms with Crippen molar-refractivity contribution in [2.24, 2.45) is 5.73 Å². The number of nitrogens with one attached hydrogen (secondary N) is 4. The minimum absolute atomic E-state index is 0.0492. The minimum atomic E-state index is -0.379. The van der Waals surface area contributed by atoms with Gasteiger partial charge in [-0.1, -0.05) is 54.1 Å². The Hall–Kier alpha value is -3.62. The molecule has 1 heterocycles. The molecule has 0 aromatic heterocycles. The van der Waals surface area contributed by atoms with Crippen LogP contribution in [-0.4, -0.2) is 60.9 Å². The molecule has 0 bridgehead atoms. The molecule has 1 saturated heterocycles. The number of nitrogens with two attached hydrogens (primary N) is 1. The predicted octanol–water partition coefficient (Wildman–Crippen LogP) is 3.60. The number of carbonyl (C=O) groups excluding carboxylic acids is 2. The smallest absolute Gasteiger partial charge is 0.251 e. The lowest BCUT2D eigenvalue weighted by Gasteiger charge is -2.25. The number of benzene rings is 3. The van der Waals surface area contributed by atoms with E-state index in [9.17, 15) is 9.59 Å². The zero-order chi connectivity index (χ0) is 27.8. The molecule has 39 heavy (non-hydrogen) atoms. The van der Waals surface area contributed by atoms with Gasteiger partial charge in [0.1, 0.15) is 0 Å². The second kappa shape index (κ2) is 13.4. The molecule has 4 rings (SSSR count). The van der Waals surface area contributed by atoms with Crippen LogP contribution in [0, 0.1) is 12.3 Å². The Morgan fingerprint density at radius 3 is 2.69 bits per heavy atom. The Labute approximate surface area is 234 Å². The van der Waals surface area contributed by atoms with Crippen molar-refractivity contribution < 1.29 is 9.59 Å². The highest BCUT2D eigenvalue weighted by Gasteiger charge is 2.30. The molecule has 2 amide bonds. The maximum absolute atomic E-state index is 13.5. The van der Waals surface area contributed by atoms with E-state index in [4.69, 9.17) is 22.7 Å². The first-order valence-corrected chi connectivity index (χ1v) is 13.8. The Morgan fingerprint density at radius 2 is 1.92 bits per heavy atom. The first-order valence-electron chi connectivity index (χ1n) is 13.4. The number of amides is 2. The van der Waals surface area contributed by atoms with E-state index in [-0.39, 0.29) is 29.9 Å². The molecule has 3 aromatic carbocycles. The molecule has 3 aromatic rings. The molecule has 6 N–H and O–H groups in total. The van der Waals surface area contributed by atoms with Crippen LogP contribution in [0.3, 0.4) is 0 Å². The highest BCUT2D eigenvalue weighted by atomic mass is 35.5. The zero-order valence-corrected chi connectivity index (χ0v) is 23.1. The van der Waals surface area contributed by atoms with Gasteiger partial charge in [0, 0.05) is 42.8 Å². The summed E-state index contributed by atoms with van der Waals surface area (Å²) < 4.78 is 0. The number of carbonyl (C=O) groups is 2. The normalized spacial score (nSPS) is 17.6. The van der Waals surface area contributed by atoms with Crippen molar-refractivity contribution in [3.63, 3.8) is 0 Å².